The van der Waals surface area contributed by atoms with Crippen molar-refractivity contribution >= 4 is 11.8 Å². The lowest BCUT2D eigenvalue weighted by atomic mass is 10.0. The first kappa shape index (κ1) is 15.0. The zero-order valence-electron chi connectivity index (χ0n) is 12.8. The molecule has 0 bridgehead atoms. The Hall–Kier alpha value is -0.870. The second-order valence-electron chi connectivity index (χ2n) is 5.84. The summed E-state index contributed by atoms with van der Waals surface area (Å²) < 4.78 is 11.3. The van der Waals surface area contributed by atoms with E-state index in [1.165, 1.54) is 37.7 Å². The normalized spacial score (nSPS) is 20.2. The third-order valence-corrected chi connectivity index (χ3v) is 5.84. The van der Waals surface area contributed by atoms with Gasteiger partial charge in [0, 0.05) is 17.0 Å². The fraction of sp³-hybridized carbons (Fsp3) is 0.647. The fourth-order valence-corrected chi connectivity index (χ4v) is 4.58. The number of fused-ring (bicyclic) bond motifs is 1. The molecule has 1 aromatic carbocycles. The van der Waals surface area contributed by atoms with Crippen LogP contribution in [0.1, 0.15) is 43.7 Å². The molecule has 3 nitrogen and oxygen atoms in total. The van der Waals surface area contributed by atoms with E-state index in [1.807, 2.05) is 13.1 Å². The minimum Gasteiger partial charge on any atom is -0.486 e. The van der Waals surface area contributed by atoms with Crippen LogP contribution < -0.4 is 14.8 Å². The summed E-state index contributed by atoms with van der Waals surface area (Å²) in [7, 11) is 2.04. The van der Waals surface area contributed by atoms with Gasteiger partial charge < -0.3 is 14.8 Å². The summed E-state index contributed by atoms with van der Waals surface area (Å²) in [6, 6.07) is 6.72. The molecule has 1 N–H and O–H groups in total. The van der Waals surface area contributed by atoms with Crippen molar-refractivity contribution in [3.8, 4) is 11.5 Å². The van der Waals surface area contributed by atoms with Gasteiger partial charge in [0.05, 0.1) is 0 Å². The van der Waals surface area contributed by atoms with Crippen LogP contribution >= 0.6 is 11.8 Å². The lowest BCUT2D eigenvalue weighted by Crippen LogP contribution is -2.22. The van der Waals surface area contributed by atoms with Gasteiger partial charge in [0.25, 0.3) is 0 Å². The van der Waals surface area contributed by atoms with Gasteiger partial charge in [0.1, 0.15) is 13.2 Å². The van der Waals surface area contributed by atoms with Crippen LogP contribution in [0, 0.1) is 0 Å². The summed E-state index contributed by atoms with van der Waals surface area (Å²) in [6.45, 7) is 1.30. The topological polar surface area (TPSA) is 30.5 Å². The van der Waals surface area contributed by atoms with Crippen molar-refractivity contribution in [3.05, 3.63) is 23.8 Å². The highest BCUT2D eigenvalue weighted by molar-refractivity contribution is 7.99. The number of benzene rings is 1. The maximum absolute atomic E-state index is 5.69. The van der Waals surface area contributed by atoms with Gasteiger partial charge >= 0.3 is 0 Å². The molecule has 0 amide bonds. The number of ether oxygens (including phenoxy) is 2. The van der Waals surface area contributed by atoms with Crippen LogP contribution in [0.25, 0.3) is 0 Å². The average molecular weight is 307 g/mol. The maximum atomic E-state index is 5.69. The quantitative estimate of drug-likeness (QED) is 0.896. The van der Waals surface area contributed by atoms with Crippen LogP contribution in [0.5, 0.6) is 11.5 Å². The average Bonchev–Trinajstić information content (AvgIpc) is 2.56. The molecule has 2 aliphatic rings. The van der Waals surface area contributed by atoms with Crippen molar-refractivity contribution in [3.63, 3.8) is 0 Å². The van der Waals surface area contributed by atoms with Gasteiger partial charge in [-0.25, -0.2) is 0 Å². The van der Waals surface area contributed by atoms with Gasteiger partial charge in [0.2, 0.25) is 0 Å². The highest BCUT2D eigenvalue weighted by Gasteiger charge is 2.19. The Morgan fingerprint density at radius 3 is 2.67 bits per heavy atom. The van der Waals surface area contributed by atoms with Crippen LogP contribution in [-0.2, 0) is 0 Å². The number of hydrogen-bond donors (Lipinski definition) is 1. The summed E-state index contributed by atoms with van der Waals surface area (Å²) in [5, 5.41) is 4.30. The first-order valence-corrected chi connectivity index (χ1v) is 9.10. The molecule has 0 saturated heterocycles. The number of nitrogens with one attached hydrogen (secondary N) is 1. The predicted octanol–water partition coefficient (Wildman–Crippen LogP) is 3.78. The van der Waals surface area contributed by atoms with E-state index in [4.69, 9.17) is 9.47 Å². The van der Waals surface area contributed by atoms with E-state index in [-0.39, 0.29) is 0 Å². The Morgan fingerprint density at radius 2 is 1.90 bits per heavy atom. The first-order valence-electron chi connectivity index (χ1n) is 8.05. The van der Waals surface area contributed by atoms with Crippen molar-refractivity contribution in [1.29, 1.82) is 0 Å². The first-order chi connectivity index (χ1) is 10.4. The number of hydrogen-bond acceptors (Lipinski definition) is 4. The van der Waals surface area contributed by atoms with Gasteiger partial charge in [-0.05, 0) is 37.6 Å². The molecular formula is C17H25NO2S. The largest absolute Gasteiger partial charge is 0.486 e. The second-order valence-corrected chi connectivity index (χ2v) is 7.17. The molecule has 1 aliphatic heterocycles. The Labute approximate surface area is 131 Å². The number of rotatable bonds is 5. The molecule has 3 rings (SSSR count). The Kier molecular flexibility index (Phi) is 5.31. The molecule has 1 heterocycles. The molecule has 1 aliphatic carbocycles. The van der Waals surface area contributed by atoms with E-state index in [9.17, 15) is 0 Å². The molecule has 0 radical (unpaired) electrons. The second kappa shape index (κ2) is 7.41. The molecule has 0 spiro atoms. The van der Waals surface area contributed by atoms with Crippen LogP contribution in [-0.4, -0.2) is 31.3 Å². The van der Waals surface area contributed by atoms with Crippen LogP contribution in [0.15, 0.2) is 18.2 Å². The summed E-state index contributed by atoms with van der Waals surface area (Å²) in [5.74, 6) is 2.89. The van der Waals surface area contributed by atoms with Crippen LogP contribution in [0.3, 0.4) is 0 Å². The van der Waals surface area contributed by atoms with Gasteiger partial charge in [-0.2, -0.15) is 11.8 Å². The molecule has 1 atom stereocenters. The molecule has 4 heteroatoms. The van der Waals surface area contributed by atoms with E-state index in [2.05, 4.69) is 29.2 Å². The zero-order chi connectivity index (χ0) is 14.5. The lowest BCUT2D eigenvalue weighted by molar-refractivity contribution is 0.171. The maximum Gasteiger partial charge on any atom is 0.161 e. The molecule has 1 saturated carbocycles. The minimum atomic E-state index is 0.382. The monoisotopic (exact) mass is 307 g/mol. The van der Waals surface area contributed by atoms with Crippen LogP contribution in [0.4, 0.5) is 0 Å². The van der Waals surface area contributed by atoms with Crippen molar-refractivity contribution in [2.45, 2.75) is 43.4 Å². The predicted molar refractivity (Wildman–Crippen MR) is 88.6 cm³/mol. The van der Waals surface area contributed by atoms with Crippen molar-refractivity contribution in [2.75, 3.05) is 26.0 Å². The Bertz CT molecular complexity index is 460. The molecule has 21 heavy (non-hydrogen) atoms. The van der Waals surface area contributed by atoms with E-state index in [0.717, 1.165) is 22.5 Å². The molecule has 1 unspecified atom stereocenters. The summed E-state index contributed by atoms with van der Waals surface area (Å²) >= 11 is 2.13. The summed E-state index contributed by atoms with van der Waals surface area (Å²) in [4.78, 5) is 0. The SMILES string of the molecule is CNC(CSC1CCCCC1)c1ccc2c(c1)OCCO2. The number of thioether (sulfide) groups is 1. The third-order valence-electron chi connectivity index (χ3n) is 4.37. The van der Waals surface area contributed by atoms with E-state index < -0.39 is 0 Å². The Morgan fingerprint density at radius 1 is 1.14 bits per heavy atom. The highest BCUT2D eigenvalue weighted by Crippen LogP contribution is 2.35. The van der Waals surface area contributed by atoms with Crippen molar-refractivity contribution < 1.29 is 9.47 Å². The Balaban J connectivity index is 1.62. The van der Waals surface area contributed by atoms with Gasteiger partial charge in [0.15, 0.2) is 11.5 Å². The molecule has 1 fully saturated rings. The molecule has 0 aromatic heterocycles. The summed E-state index contributed by atoms with van der Waals surface area (Å²) in [6.07, 6.45) is 7.02. The molecule has 116 valence electrons. The minimum absolute atomic E-state index is 0.382. The molecular weight excluding hydrogens is 282 g/mol. The fourth-order valence-electron chi connectivity index (χ4n) is 3.09. The van der Waals surface area contributed by atoms with Gasteiger partial charge in [-0.1, -0.05) is 25.3 Å². The van der Waals surface area contributed by atoms with E-state index >= 15 is 0 Å². The van der Waals surface area contributed by atoms with Gasteiger partial charge in [-0.15, -0.1) is 0 Å². The highest BCUT2D eigenvalue weighted by atomic mass is 32.2. The third kappa shape index (κ3) is 3.86. The molecule has 1 aromatic rings. The smallest absolute Gasteiger partial charge is 0.161 e. The van der Waals surface area contributed by atoms with E-state index in [1.54, 1.807) is 0 Å². The van der Waals surface area contributed by atoms with Crippen molar-refractivity contribution in [1.82, 2.24) is 5.32 Å². The van der Waals surface area contributed by atoms with Crippen LogP contribution in [0.2, 0.25) is 0 Å². The standard InChI is InChI=1S/C17H25NO2S/c1-18-15(12-21-14-5-3-2-4-6-14)13-7-8-16-17(11-13)20-10-9-19-16/h7-8,11,14-15,18H,2-6,9-10,12H2,1H3. The van der Waals surface area contributed by atoms with Gasteiger partial charge in [-0.3, -0.25) is 0 Å². The van der Waals surface area contributed by atoms with Crippen molar-refractivity contribution in [2.24, 2.45) is 0 Å². The summed E-state index contributed by atoms with van der Waals surface area (Å²) in [5.41, 5.74) is 1.30. The lowest BCUT2D eigenvalue weighted by Gasteiger charge is -2.25. The van der Waals surface area contributed by atoms with E-state index in [0.29, 0.717) is 19.3 Å². The zero-order valence-corrected chi connectivity index (χ0v) is 13.6.